The predicted molar refractivity (Wildman–Crippen MR) is 101 cm³/mol. The molecule has 0 amide bonds. The van der Waals surface area contributed by atoms with Gasteiger partial charge in [-0.15, -0.1) is 0 Å². The molecule has 1 N–H and O–H groups in total. The average molecular weight is 358 g/mol. The van der Waals surface area contributed by atoms with E-state index in [9.17, 15) is 8.42 Å². The molecule has 2 heterocycles. The maximum Gasteiger partial charge on any atom is 0.194 e. The molecule has 0 spiro atoms. The van der Waals surface area contributed by atoms with Gasteiger partial charge in [-0.2, -0.15) is 0 Å². The Morgan fingerprint density at radius 1 is 1.29 bits per heavy atom. The minimum atomic E-state index is -2.82. The third kappa shape index (κ3) is 5.64. The van der Waals surface area contributed by atoms with Crippen LogP contribution in [0.3, 0.4) is 0 Å². The third-order valence-corrected chi connectivity index (χ3v) is 7.35. The molecule has 0 bridgehead atoms. The Balaban J connectivity index is 2.04. The number of aliphatic imine (C=N–C) groups is 1. The van der Waals surface area contributed by atoms with Gasteiger partial charge in [0.2, 0.25) is 0 Å². The molecule has 2 aliphatic rings. The van der Waals surface area contributed by atoms with Crippen molar-refractivity contribution >= 4 is 15.8 Å². The Bertz CT molecular complexity index is 530. The zero-order valence-corrected chi connectivity index (χ0v) is 16.6. The zero-order valence-electron chi connectivity index (χ0n) is 15.8. The van der Waals surface area contributed by atoms with Gasteiger partial charge in [-0.05, 0) is 50.4 Å². The molecule has 140 valence electrons. The lowest BCUT2D eigenvalue weighted by atomic mass is 9.88. The smallest absolute Gasteiger partial charge is 0.194 e. The number of nitrogens with one attached hydrogen (secondary N) is 1. The van der Waals surface area contributed by atoms with Crippen molar-refractivity contribution in [3.05, 3.63) is 0 Å². The van der Waals surface area contributed by atoms with Crippen LogP contribution >= 0.6 is 0 Å². The number of hydrogen-bond acceptors (Lipinski definition) is 3. The topological polar surface area (TPSA) is 61.8 Å². The van der Waals surface area contributed by atoms with Crippen molar-refractivity contribution in [2.75, 3.05) is 31.1 Å². The van der Waals surface area contributed by atoms with E-state index in [2.05, 4.69) is 37.9 Å². The molecular formula is C18H35N3O2S. The van der Waals surface area contributed by atoms with E-state index in [1.165, 1.54) is 12.8 Å². The zero-order chi connectivity index (χ0) is 17.7. The average Bonchev–Trinajstić information content (AvgIpc) is 2.90. The molecule has 0 radical (unpaired) electrons. The van der Waals surface area contributed by atoms with Gasteiger partial charge in [0.05, 0.1) is 11.5 Å². The minimum absolute atomic E-state index is 0.189. The van der Waals surface area contributed by atoms with Crippen LogP contribution in [-0.2, 0) is 9.84 Å². The first-order valence-corrected chi connectivity index (χ1v) is 11.4. The van der Waals surface area contributed by atoms with Crippen molar-refractivity contribution in [2.24, 2.45) is 22.7 Å². The number of hydrogen-bond donors (Lipinski definition) is 1. The molecule has 3 atom stereocenters. The fraction of sp³-hybridized carbons (Fsp3) is 0.944. The number of nitrogens with zero attached hydrogens (tertiary/aromatic N) is 2. The van der Waals surface area contributed by atoms with E-state index in [1.807, 2.05) is 0 Å². The molecule has 2 rings (SSSR count). The van der Waals surface area contributed by atoms with Crippen molar-refractivity contribution in [1.29, 1.82) is 0 Å². The first kappa shape index (κ1) is 19.5. The third-order valence-electron chi connectivity index (χ3n) is 5.51. The molecule has 24 heavy (non-hydrogen) atoms. The standard InChI is InChI=1S/C18H35N3O2S/c1-5-15(4)20-18(19-11-16-8-10-24(22,23)13-16)21-9-6-7-17(12-21)14(2)3/h14-17H,5-13H2,1-4H3,(H,19,20). The van der Waals surface area contributed by atoms with Crippen molar-refractivity contribution in [3.63, 3.8) is 0 Å². The van der Waals surface area contributed by atoms with E-state index in [4.69, 9.17) is 4.99 Å². The summed E-state index contributed by atoms with van der Waals surface area (Å²) >= 11 is 0. The van der Waals surface area contributed by atoms with Gasteiger partial charge in [-0.25, -0.2) is 8.42 Å². The fourth-order valence-corrected chi connectivity index (χ4v) is 5.39. The lowest BCUT2D eigenvalue weighted by Crippen LogP contribution is -2.50. The highest BCUT2D eigenvalue weighted by Crippen LogP contribution is 2.24. The van der Waals surface area contributed by atoms with Gasteiger partial charge in [0, 0.05) is 25.7 Å². The van der Waals surface area contributed by atoms with Gasteiger partial charge in [0.15, 0.2) is 15.8 Å². The molecule has 2 saturated heterocycles. The lowest BCUT2D eigenvalue weighted by Gasteiger charge is -2.37. The van der Waals surface area contributed by atoms with E-state index in [0.717, 1.165) is 37.8 Å². The fourth-order valence-electron chi connectivity index (χ4n) is 3.54. The quantitative estimate of drug-likeness (QED) is 0.607. The summed E-state index contributed by atoms with van der Waals surface area (Å²) in [5.41, 5.74) is 0. The molecule has 3 unspecified atom stereocenters. The van der Waals surface area contributed by atoms with E-state index >= 15 is 0 Å². The summed E-state index contributed by atoms with van der Waals surface area (Å²) in [6.07, 6.45) is 4.32. The molecule has 0 aromatic carbocycles. The second-order valence-electron chi connectivity index (χ2n) is 7.98. The molecule has 0 aromatic rings. The summed E-state index contributed by atoms with van der Waals surface area (Å²) in [7, 11) is -2.82. The van der Waals surface area contributed by atoms with Crippen LogP contribution < -0.4 is 5.32 Å². The Morgan fingerprint density at radius 2 is 2.04 bits per heavy atom. The van der Waals surface area contributed by atoms with Gasteiger partial charge >= 0.3 is 0 Å². The summed E-state index contributed by atoms with van der Waals surface area (Å²) in [6, 6.07) is 0.385. The van der Waals surface area contributed by atoms with Crippen LogP contribution in [0.5, 0.6) is 0 Å². The molecule has 2 aliphatic heterocycles. The first-order chi connectivity index (χ1) is 11.3. The molecule has 5 nitrogen and oxygen atoms in total. The summed E-state index contributed by atoms with van der Waals surface area (Å²) in [5, 5.41) is 3.57. The lowest BCUT2D eigenvalue weighted by molar-refractivity contribution is 0.205. The van der Waals surface area contributed by atoms with Crippen LogP contribution in [0.2, 0.25) is 0 Å². The van der Waals surface area contributed by atoms with Gasteiger partial charge in [0.1, 0.15) is 0 Å². The first-order valence-electron chi connectivity index (χ1n) is 9.57. The Morgan fingerprint density at radius 3 is 2.62 bits per heavy atom. The number of sulfone groups is 1. The maximum absolute atomic E-state index is 11.7. The van der Waals surface area contributed by atoms with E-state index in [1.54, 1.807) is 0 Å². The molecule has 0 aliphatic carbocycles. The van der Waals surface area contributed by atoms with Crippen molar-refractivity contribution in [2.45, 2.75) is 59.4 Å². The normalized spacial score (nSPS) is 29.0. The van der Waals surface area contributed by atoms with Crippen LogP contribution in [0.15, 0.2) is 4.99 Å². The predicted octanol–water partition coefficient (Wildman–Crippen LogP) is 2.53. The minimum Gasteiger partial charge on any atom is -0.354 e. The van der Waals surface area contributed by atoms with Gasteiger partial charge in [-0.1, -0.05) is 20.8 Å². The van der Waals surface area contributed by atoms with E-state index < -0.39 is 9.84 Å². The molecule has 0 aromatic heterocycles. The summed E-state index contributed by atoms with van der Waals surface area (Å²) in [5.74, 6) is 3.22. The molecular weight excluding hydrogens is 322 g/mol. The SMILES string of the molecule is CCC(C)NC(=NCC1CCS(=O)(=O)C1)N1CCCC(C(C)C)C1. The molecule has 2 fully saturated rings. The van der Waals surface area contributed by atoms with Crippen molar-refractivity contribution in [3.8, 4) is 0 Å². The number of rotatable bonds is 5. The van der Waals surface area contributed by atoms with Crippen LogP contribution in [0.4, 0.5) is 0 Å². The number of guanidine groups is 1. The van der Waals surface area contributed by atoms with Crippen LogP contribution in [0.1, 0.15) is 53.4 Å². The maximum atomic E-state index is 11.7. The Hall–Kier alpha value is -0.780. The second-order valence-corrected chi connectivity index (χ2v) is 10.2. The molecule has 6 heteroatoms. The van der Waals surface area contributed by atoms with Crippen LogP contribution in [-0.4, -0.2) is 56.5 Å². The van der Waals surface area contributed by atoms with E-state index in [-0.39, 0.29) is 5.92 Å². The summed E-state index contributed by atoms with van der Waals surface area (Å²) in [6.45, 7) is 11.7. The van der Waals surface area contributed by atoms with Gasteiger partial charge < -0.3 is 10.2 Å². The monoisotopic (exact) mass is 357 g/mol. The van der Waals surface area contributed by atoms with Crippen LogP contribution in [0.25, 0.3) is 0 Å². The van der Waals surface area contributed by atoms with Crippen LogP contribution in [0, 0.1) is 17.8 Å². The van der Waals surface area contributed by atoms with E-state index in [0.29, 0.717) is 30.0 Å². The number of piperidine rings is 1. The second kappa shape index (κ2) is 8.54. The largest absolute Gasteiger partial charge is 0.354 e. The van der Waals surface area contributed by atoms with Crippen molar-refractivity contribution < 1.29 is 8.42 Å². The van der Waals surface area contributed by atoms with Gasteiger partial charge in [0.25, 0.3) is 0 Å². The number of likely N-dealkylation sites (tertiary alicyclic amines) is 1. The van der Waals surface area contributed by atoms with Crippen molar-refractivity contribution in [1.82, 2.24) is 10.2 Å². The highest BCUT2D eigenvalue weighted by Gasteiger charge is 2.29. The Labute approximate surface area is 148 Å². The molecule has 0 saturated carbocycles. The summed E-state index contributed by atoms with van der Waals surface area (Å²) in [4.78, 5) is 7.24. The highest BCUT2D eigenvalue weighted by atomic mass is 32.2. The summed E-state index contributed by atoms with van der Waals surface area (Å²) < 4.78 is 23.3. The van der Waals surface area contributed by atoms with Gasteiger partial charge in [-0.3, -0.25) is 4.99 Å². The highest BCUT2D eigenvalue weighted by molar-refractivity contribution is 7.91. The Kier molecular flexibility index (Phi) is 6.96.